The molecule has 0 saturated carbocycles. The Balaban J connectivity index is 0.00000128. The van der Waals surface area contributed by atoms with E-state index >= 15 is 0 Å². The van der Waals surface area contributed by atoms with Crippen LogP contribution in [0.15, 0.2) is 24.3 Å². The molecule has 0 radical (unpaired) electrons. The van der Waals surface area contributed by atoms with Gasteiger partial charge in [-0.25, -0.2) is 4.98 Å². The Morgan fingerprint density at radius 2 is 1.88 bits per heavy atom. The molecule has 0 aliphatic heterocycles. The van der Waals surface area contributed by atoms with E-state index in [1.165, 1.54) is 4.57 Å². The standard InChI is InChI=1S/C9H9BF3N2.K/c1-7-14-8-4-2-3-5-9(8)15(7)6-10(11,12)13;/h2-5H,6H2,1H3;/q-1;+1. The van der Waals surface area contributed by atoms with Gasteiger partial charge in [-0.15, -0.1) is 0 Å². The first-order valence-corrected chi connectivity index (χ1v) is 4.60. The van der Waals surface area contributed by atoms with E-state index < -0.39 is 13.4 Å². The molecule has 0 atom stereocenters. The molecule has 0 fully saturated rings. The summed E-state index contributed by atoms with van der Waals surface area (Å²) < 4.78 is 38.2. The first-order valence-electron chi connectivity index (χ1n) is 4.60. The molecule has 80 valence electrons. The third-order valence-electron chi connectivity index (χ3n) is 2.24. The van der Waals surface area contributed by atoms with Crippen LogP contribution in [-0.4, -0.2) is 16.5 Å². The molecule has 0 aliphatic carbocycles. The van der Waals surface area contributed by atoms with Crippen molar-refractivity contribution in [3.05, 3.63) is 30.1 Å². The number of aryl methyl sites for hydroxylation is 1. The molecule has 0 N–H and O–H groups in total. The van der Waals surface area contributed by atoms with E-state index in [0.717, 1.165) is 0 Å². The number of hydrogen-bond acceptors (Lipinski definition) is 1. The second-order valence-corrected chi connectivity index (χ2v) is 3.47. The number of nitrogens with zero attached hydrogens (tertiary/aromatic N) is 2. The van der Waals surface area contributed by atoms with Crippen molar-refractivity contribution >= 4 is 18.0 Å². The maximum atomic E-state index is 12.3. The van der Waals surface area contributed by atoms with Gasteiger partial charge in [0, 0.05) is 0 Å². The van der Waals surface area contributed by atoms with Gasteiger partial charge >= 0.3 is 58.4 Å². The predicted octanol–water partition coefficient (Wildman–Crippen LogP) is -0.265. The summed E-state index contributed by atoms with van der Waals surface area (Å²) in [5.74, 6) is 0.399. The Bertz CT molecular complexity index is 495. The van der Waals surface area contributed by atoms with Crippen molar-refractivity contribution in [3.8, 4) is 0 Å². The molecule has 0 spiro atoms. The van der Waals surface area contributed by atoms with Gasteiger partial charge in [0.15, 0.2) is 0 Å². The third-order valence-corrected chi connectivity index (χ3v) is 2.24. The van der Waals surface area contributed by atoms with Crippen molar-refractivity contribution in [1.29, 1.82) is 0 Å². The number of benzene rings is 1. The van der Waals surface area contributed by atoms with Crippen LogP contribution in [0.3, 0.4) is 0 Å². The number of para-hydroxylation sites is 2. The molecule has 1 heterocycles. The summed E-state index contributed by atoms with van der Waals surface area (Å²) in [7, 11) is 0. The Kier molecular flexibility index (Phi) is 4.65. The summed E-state index contributed by atoms with van der Waals surface area (Å²) in [5.41, 5.74) is 1.14. The van der Waals surface area contributed by atoms with E-state index in [0.29, 0.717) is 16.9 Å². The molecule has 0 saturated heterocycles. The molecule has 2 rings (SSSR count). The van der Waals surface area contributed by atoms with E-state index in [1.54, 1.807) is 31.2 Å². The maximum Gasteiger partial charge on any atom is 1.00 e. The van der Waals surface area contributed by atoms with Crippen molar-refractivity contribution in [2.24, 2.45) is 0 Å². The van der Waals surface area contributed by atoms with Crippen molar-refractivity contribution in [2.75, 3.05) is 0 Å². The number of fused-ring (bicyclic) bond motifs is 1. The van der Waals surface area contributed by atoms with Gasteiger partial charge in [-0.1, -0.05) is 12.1 Å². The predicted molar refractivity (Wildman–Crippen MR) is 53.5 cm³/mol. The SMILES string of the molecule is Cc1nc2ccccc2n1C[B-](F)(F)F.[K+]. The van der Waals surface area contributed by atoms with Gasteiger partial charge in [-0.2, -0.15) is 0 Å². The normalized spacial score (nSPS) is 11.5. The molecule has 2 aromatic rings. The monoisotopic (exact) mass is 252 g/mol. The van der Waals surface area contributed by atoms with Crippen LogP contribution in [0, 0.1) is 6.92 Å². The zero-order valence-electron chi connectivity index (χ0n) is 9.12. The minimum absolute atomic E-state index is 0. The minimum atomic E-state index is -4.83. The average molecular weight is 252 g/mol. The molecule has 16 heavy (non-hydrogen) atoms. The van der Waals surface area contributed by atoms with E-state index in [1.807, 2.05) is 0 Å². The quantitative estimate of drug-likeness (QED) is 0.673. The van der Waals surface area contributed by atoms with Crippen LogP contribution in [0.5, 0.6) is 0 Å². The molecule has 0 unspecified atom stereocenters. The van der Waals surface area contributed by atoms with Crippen LogP contribution >= 0.6 is 0 Å². The molecular formula is C9H9BF3KN2. The molecule has 0 amide bonds. The Morgan fingerprint density at radius 3 is 2.50 bits per heavy atom. The fourth-order valence-corrected chi connectivity index (χ4v) is 1.63. The summed E-state index contributed by atoms with van der Waals surface area (Å²) in [4.78, 5) is 4.07. The van der Waals surface area contributed by atoms with Crippen molar-refractivity contribution in [2.45, 2.75) is 13.4 Å². The zero-order chi connectivity index (χ0) is 11.1. The van der Waals surface area contributed by atoms with Gasteiger partial charge in [0.1, 0.15) is 5.82 Å². The van der Waals surface area contributed by atoms with Crippen LogP contribution in [-0.2, 0) is 6.44 Å². The first-order chi connectivity index (χ1) is 6.97. The third kappa shape index (κ3) is 3.10. The largest absolute Gasteiger partial charge is 1.00 e. The van der Waals surface area contributed by atoms with E-state index in [9.17, 15) is 12.9 Å². The van der Waals surface area contributed by atoms with Gasteiger partial charge in [-0.05, 0) is 25.5 Å². The van der Waals surface area contributed by atoms with Crippen LogP contribution in [0.4, 0.5) is 12.9 Å². The summed E-state index contributed by atoms with van der Waals surface area (Å²) in [6.45, 7) is -3.25. The molecule has 2 nitrogen and oxygen atoms in total. The van der Waals surface area contributed by atoms with E-state index in [-0.39, 0.29) is 51.4 Å². The molecular weight excluding hydrogens is 243 g/mol. The number of halogens is 3. The smallest absolute Gasteiger partial charge is 0.448 e. The number of aromatic nitrogens is 2. The molecule has 7 heteroatoms. The van der Waals surface area contributed by atoms with Gasteiger partial charge in [0.05, 0.1) is 11.0 Å². The topological polar surface area (TPSA) is 17.8 Å². The maximum absolute atomic E-state index is 12.3. The second-order valence-electron chi connectivity index (χ2n) is 3.47. The van der Waals surface area contributed by atoms with Crippen molar-refractivity contribution < 1.29 is 64.3 Å². The summed E-state index contributed by atoms with van der Waals surface area (Å²) in [6.07, 6.45) is -0.924. The van der Waals surface area contributed by atoms with E-state index in [4.69, 9.17) is 0 Å². The fraction of sp³-hybridized carbons (Fsp3) is 0.222. The van der Waals surface area contributed by atoms with Gasteiger partial charge in [-0.3, -0.25) is 0 Å². The Labute approximate surface area is 134 Å². The van der Waals surface area contributed by atoms with Crippen LogP contribution < -0.4 is 51.4 Å². The van der Waals surface area contributed by atoms with Crippen molar-refractivity contribution in [3.63, 3.8) is 0 Å². The Morgan fingerprint density at radius 1 is 1.25 bits per heavy atom. The first kappa shape index (κ1) is 14.2. The van der Waals surface area contributed by atoms with Crippen LogP contribution in [0.1, 0.15) is 5.82 Å². The summed E-state index contributed by atoms with van der Waals surface area (Å²) in [6, 6.07) is 6.83. The van der Waals surface area contributed by atoms with Crippen LogP contribution in [0.2, 0.25) is 0 Å². The van der Waals surface area contributed by atoms with Crippen molar-refractivity contribution in [1.82, 2.24) is 9.55 Å². The summed E-state index contributed by atoms with van der Waals surface area (Å²) in [5, 5.41) is 0. The molecule has 1 aromatic heterocycles. The minimum Gasteiger partial charge on any atom is -0.448 e. The number of rotatable bonds is 2. The second kappa shape index (κ2) is 5.22. The molecule has 1 aromatic carbocycles. The van der Waals surface area contributed by atoms with Gasteiger partial charge < -0.3 is 17.5 Å². The van der Waals surface area contributed by atoms with Gasteiger partial charge in [0.25, 0.3) is 0 Å². The number of imidazole rings is 1. The molecule has 0 aliphatic rings. The Hall–Kier alpha value is 0.181. The van der Waals surface area contributed by atoms with Gasteiger partial charge in [0.2, 0.25) is 0 Å². The average Bonchev–Trinajstić information content (AvgIpc) is 2.41. The van der Waals surface area contributed by atoms with Crippen LogP contribution in [0.25, 0.3) is 11.0 Å². The number of hydrogen-bond donors (Lipinski definition) is 0. The van der Waals surface area contributed by atoms with E-state index in [2.05, 4.69) is 4.98 Å². The molecule has 0 bridgehead atoms. The summed E-state index contributed by atoms with van der Waals surface area (Å²) >= 11 is 0. The zero-order valence-corrected chi connectivity index (χ0v) is 12.2. The fourth-order valence-electron chi connectivity index (χ4n) is 1.63.